The molecule has 2 rings (SSSR count). The third kappa shape index (κ3) is 4.93. The number of methoxy groups -OCH3 is 1. The maximum absolute atomic E-state index is 12.2. The third-order valence-corrected chi connectivity index (χ3v) is 3.56. The van der Waals surface area contributed by atoms with Gasteiger partial charge in [0.2, 0.25) is 0 Å². The number of ether oxygens (including phenoxy) is 2. The van der Waals surface area contributed by atoms with Crippen LogP contribution in [0.5, 0.6) is 5.75 Å². The minimum Gasteiger partial charge on any atom is -0.496 e. The average molecular weight is 390 g/mol. The Morgan fingerprint density at radius 3 is 2.67 bits per heavy atom. The number of carbonyl (C=O) groups excluding carboxylic acids is 2. The topological polar surface area (TPSA) is 132 Å². The molecule has 0 heterocycles. The van der Waals surface area contributed by atoms with Gasteiger partial charge in [0, 0.05) is 17.2 Å². The molecule has 0 unspecified atom stereocenters. The Hall–Kier alpha value is -3.64. The molecule has 27 heavy (non-hydrogen) atoms. The van der Waals surface area contributed by atoms with Gasteiger partial charge in [0.15, 0.2) is 6.61 Å². The molecule has 0 radical (unpaired) electrons. The maximum Gasteiger partial charge on any atom is 0.342 e. The zero-order chi connectivity index (χ0) is 20.0. The standard InChI is InChI=1S/C17H12ClN3O6/c1-26-15-5-4-12(21(24)25)7-13(15)17(23)27-9-16(22)20-14-6-11(18)3-2-10(14)8-19/h2-7H,9H2,1H3,(H,20,22). The van der Waals surface area contributed by atoms with Crippen LogP contribution in [0.1, 0.15) is 15.9 Å². The number of esters is 1. The van der Waals surface area contributed by atoms with Crippen molar-refractivity contribution < 1.29 is 24.0 Å². The monoisotopic (exact) mass is 389 g/mol. The molecule has 1 N–H and O–H groups in total. The molecule has 138 valence electrons. The number of nitrogens with one attached hydrogen (secondary N) is 1. The van der Waals surface area contributed by atoms with E-state index >= 15 is 0 Å². The molecule has 2 aromatic rings. The van der Waals surface area contributed by atoms with E-state index in [0.29, 0.717) is 5.02 Å². The van der Waals surface area contributed by atoms with Gasteiger partial charge in [-0.25, -0.2) is 4.79 Å². The van der Waals surface area contributed by atoms with E-state index in [2.05, 4.69) is 5.32 Å². The number of nitro groups is 1. The van der Waals surface area contributed by atoms with Crippen LogP contribution in [0.25, 0.3) is 0 Å². The lowest BCUT2D eigenvalue weighted by Gasteiger charge is -2.10. The summed E-state index contributed by atoms with van der Waals surface area (Å²) in [5.41, 5.74) is -0.178. The molecule has 2 aromatic carbocycles. The lowest BCUT2D eigenvalue weighted by molar-refractivity contribution is -0.384. The van der Waals surface area contributed by atoms with E-state index in [0.717, 1.165) is 6.07 Å². The van der Waals surface area contributed by atoms with Crippen LogP contribution in [-0.2, 0) is 9.53 Å². The quantitative estimate of drug-likeness (QED) is 0.456. The Morgan fingerprint density at radius 1 is 1.30 bits per heavy atom. The first-order chi connectivity index (χ1) is 12.8. The van der Waals surface area contributed by atoms with E-state index < -0.39 is 23.4 Å². The molecule has 0 saturated carbocycles. The van der Waals surface area contributed by atoms with Gasteiger partial charge < -0.3 is 14.8 Å². The van der Waals surface area contributed by atoms with Gasteiger partial charge in [-0.3, -0.25) is 14.9 Å². The molecule has 0 bridgehead atoms. The van der Waals surface area contributed by atoms with Crippen molar-refractivity contribution in [3.8, 4) is 11.8 Å². The van der Waals surface area contributed by atoms with Gasteiger partial charge in [-0.15, -0.1) is 0 Å². The summed E-state index contributed by atoms with van der Waals surface area (Å²) in [5, 5.41) is 22.6. The van der Waals surface area contributed by atoms with E-state index in [1.807, 2.05) is 6.07 Å². The Labute approximate surface area is 158 Å². The van der Waals surface area contributed by atoms with E-state index in [1.54, 1.807) is 0 Å². The van der Waals surface area contributed by atoms with Crippen molar-refractivity contribution in [3.63, 3.8) is 0 Å². The Morgan fingerprint density at radius 2 is 2.04 bits per heavy atom. The molecule has 0 fully saturated rings. The predicted octanol–water partition coefficient (Wildman–Crippen LogP) is 2.92. The van der Waals surface area contributed by atoms with E-state index in [9.17, 15) is 19.7 Å². The fourth-order valence-corrected chi connectivity index (χ4v) is 2.25. The number of nitriles is 1. The number of amides is 1. The maximum atomic E-state index is 12.2. The summed E-state index contributed by atoms with van der Waals surface area (Å²) in [4.78, 5) is 34.3. The molecule has 10 heteroatoms. The van der Waals surface area contributed by atoms with Crippen molar-refractivity contribution in [1.29, 1.82) is 5.26 Å². The highest BCUT2D eigenvalue weighted by molar-refractivity contribution is 6.31. The SMILES string of the molecule is COc1ccc([N+](=O)[O-])cc1C(=O)OCC(=O)Nc1cc(Cl)ccc1C#N. The smallest absolute Gasteiger partial charge is 0.342 e. The average Bonchev–Trinajstić information content (AvgIpc) is 2.65. The zero-order valence-corrected chi connectivity index (χ0v) is 14.6. The Bertz CT molecular complexity index is 954. The highest BCUT2D eigenvalue weighted by Crippen LogP contribution is 2.25. The minimum atomic E-state index is -0.975. The van der Waals surface area contributed by atoms with E-state index in [-0.39, 0.29) is 28.3 Å². The second kappa shape index (κ2) is 8.64. The number of hydrogen-bond acceptors (Lipinski definition) is 7. The Kier molecular flexibility index (Phi) is 6.30. The van der Waals surface area contributed by atoms with E-state index in [1.165, 1.54) is 37.4 Å². The summed E-state index contributed by atoms with van der Waals surface area (Å²) in [7, 11) is 1.28. The first-order valence-electron chi connectivity index (χ1n) is 7.34. The summed E-state index contributed by atoms with van der Waals surface area (Å²) >= 11 is 5.82. The molecule has 0 aliphatic carbocycles. The van der Waals surface area contributed by atoms with Crippen LogP contribution in [0.15, 0.2) is 36.4 Å². The summed E-state index contributed by atoms with van der Waals surface area (Å²) < 4.78 is 9.85. The summed E-state index contributed by atoms with van der Waals surface area (Å²) in [6.07, 6.45) is 0. The van der Waals surface area contributed by atoms with Gasteiger partial charge >= 0.3 is 5.97 Å². The molecule has 0 aromatic heterocycles. The molecule has 0 aliphatic heterocycles. The number of anilines is 1. The van der Waals surface area contributed by atoms with Crippen molar-refractivity contribution in [2.45, 2.75) is 0 Å². The number of carbonyl (C=O) groups is 2. The lowest BCUT2D eigenvalue weighted by atomic mass is 10.2. The van der Waals surface area contributed by atoms with Crippen LogP contribution in [0.3, 0.4) is 0 Å². The number of nitrogens with zero attached hydrogens (tertiary/aromatic N) is 2. The number of halogens is 1. The van der Waals surface area contributed by atoms with Gasteiger partial charge in [0.05, 0.1) is 23.3 Å². The Balaban J connectivity index is 2.09. The first-order valence-corrected chi connectivity index (χ1v) is 7.72. The summed E-state index contributed by atoms with van der Waals surface area (Å²) in [6.45, 7) is -0.679. The van der Waals surface area contributed by atoms with Gasteiger partial charge in [-0.1, -0.05) is 11.6 Å². The minimum absolute atomic E-state index is 0.0626. The van der Waals surface area contributed by atoms with Crippen molar-refractivity contribution in [2.24, 2.45) is 0 Å². The molecular weight excluding hydrogens is 378 g/mol. The molecule has 0 spiro atoms. The molecular formula is C17H12ClN3O6. The number of non-ortho nitro benzene ring substituents is 1. The van der Waals surface area contributed by atoms with Crippen LogP contribution in [0, 0.1) is 21.4 Å². The fraction of sp³-hybridized carbons (Fsp3) is 0.118. The summed E-state index contributed by atoms with van der Waals surface area (Å²) in [6, 6.07) is 9.60. The van der Waals surface area contributed by atoms with Gasteiger partial charge in [-0.05, 0) is 24.3 Å². The highest BCUT2D eigenvalue weighted by Gasteiger charge is 2.20. The number of benzene rings is 2. The van der Waals surface area contributed by atoms with Gasteiger partial charge in [0.25, 0.3) is 11.6 Å². The van der Waals surface area contributed by atoms with Crippen LogP contribution in [-0.4, -0.2) is 30.5 Å². The molecule has 9 nitrogen and oxygen atoms in total. The van der Waals surface area contributed by atoms with Crippen LogP contribution < -0.4 is 10.1 Å². The molecule has 0 saturated heterocycles. The highest BCUT2D eigenvalue weighted by atomic mass is 35.5. The van der Waals surface area contributed by atoms with Crippen LogP contribution >= 0.6 is 11.6 Å². The van der Waals surface area contributed by atoms with Gasteiger partial charge in [0.1, 0.15) is 17.4 Å². The number of hydrogen-bond donors (Lipinski definition) is 1. The van der Waals surface area contributed by atoms with Crippen LogP contribution in [0.4, 0.5) is 11.4 Å². The van der Waals surface area contributed by atoms with Crippen LogP contribution in [0.2, 0.25) is 5.02 Å². The van der Waals surface area contributed by atoms with Crippen molar-refractivity contribution in [1.82, 2.24) is 0 Å². The second-order valence-corrected chi connectivity index (χ2v) is 5.50. The van der Waals surface area contributed by atoms with E-state index in [4.69, 9.17) is 26.3 Å². The third-order valence-electron chi connectivity index (χ3n) is 3.32. The fourth-order valence-electron chi connectivity index (χ4n) is 2.08. The first kappa shape index (κ1) is 19.7. The number of nitro benzene ring substituents is 1. The van der Waals surface area contributed by atoms with Gasteiger partial charge in [-0.2, -0.15) is 5.26 Å². The normalized spacial score (nSPS) is 9.81. The molecule has 0 aliphatic rings. The zero-order valence-electron chi connectivity index (χ0n) is 13.9. The lowest BCUT2D eigenvalue weighted by Crippen LogP contribution is -2.21. The largest absolute Gasteiger partial charge is 0.496 e. The summed E-state index contributed by atoms with van der Waals surface area (Å²) in [5.74, 6) is -1.63. The van der Waals surface area contributed by atoms with Crippen molar-refractivity contribution in [3.05, 3.63) is 62.7 Å². The van der Waals surface area contributed by atoms with Crippen molar-refractivity contribution >= 4 is 34.9 Å². The second-order valence-electron chi connectivity index (χ2n) is 5.07. The molecule has 1 amide bonds. The molecule has 0 atom stereocenters. The van der Waals surface area contributed by atoms with Crippen molar-refractivity contribution in [2.75, 3.05) is 19.0 Å². The number of rotatable bonds is 6. The predicted molar refractivity (Wildman–Crippen MR) is 94.7 cm³/mol.